The van der Waals surface area contributed by atoms with Crippen LogP contribution in [0.15, 0.2) is 60.8 Å². The lowest BCUT2D eigenvalue weighted by Gasteiger charge is -2.17. The Labute approximate surface area is 176 Å². The van der Waals surface area contributed by atoms with Crippen LogP contribution in [0.2, 0.25) is 0 Å². The van der Waals surface area contributed by atoms with Crippen molar-refractivity contribution >= 4 is 11.4 Å². The number of nitrogens with zero attached hydrogens (tertiary/aromatic N) is 1. The molecule has 30 heavy (non-hydrogen) atoms. The van der Waals surface area contributed by atoms with Crippen LogP contribution in [-0.2, 0) is 16.1 Å². The van der Waals surface area contributed by atoms with Crippen molar-refractivity contribution in [2.45, 2.75) is 26.8 Å². The first-order valence-corrected chi connectivity index (χ1v) is 9.98. The number of nitrogens with one attached hydrogen (secondary N) is 1. The van der Waals surface area contributed by atoms with E-state index in [2.05, 4.69) is 10.3 Å². The average molecular weight is 410 g/mol. The van der Waals surface area contributed by atoms with Crippen LogP contribution in [0.25, 0.3) is 11.1 Å². The lowest BCUT2D eigenvalue weighted by Crippen LogP contribution is -2.10. The second kappa shape index (κ2) is 10.7. The van der Waals surface area contributed by atoms with E-state index < -0.39 is 13.0 Å². The molecule has 0 unspecified atom stereocenters. The van der Waals surface area contributed by atoms with Gasteiger partial charge in [-0.1, -0.05) is 18.2 Å². The molecule has 1 heterocycles. The van der Waals surface area contributed by atoms with Crippen LogP contribution in [0.5, 0.6) is 5.75 Å². The standard InChI is InChI=1S/C24H27FN2O3/c1-4-29-24(30-5-2)23-13-9-20(16-26-23)27-19-8-12-22(18(14-19)15-25)17-6-10-21(28-3)11-7-17/h6-14,16,24,27H,4-5,15H2,1-3H3. The van der Waals surface area contributed by atoms with Gasteiger partial charge in [0, 0.05) is 18.9 Å². The number of ether oxygens (including phenoxy) is 3. The molecule has 0 spiro atoms. The summed E-state index contributed by atoms with van der Waals surface area (Å²) in [7, 11) is 1.62. The molecule has 0 saturated heterocycles. The van der Waals surface area contributed by atoms with Gasteiger partial charge in [-0.05, 0) is 66.9 Å². The Balaban J connectivity index is 1.76. The number of benzene rings is 2. The summed E-state index contributed by atoms with van der Waals surface area (Å²) in [5.74, 6) is 0.769. The van der Waals surface area contributed by atoms with Crippen molar-refractivity contribution < 1.29 is 18.6 Å². The molecular weight excluding hydrogens is 383 g/mol. The topological polar surface area (TPSA) is 52.6 Å². The third-order valence-corrected chi connectivity index (χ3v) is 4.60. The molecule has 158 valence electrons. The van der Waals surface area contributed by atoms with E-state index in [1.165, 1.54) is 0 Å². The van der Waals surface area contributed by atoms with Crippen molar-refractivity contribution in [3.05, 3.63) is 72.1 Å². The summed E-state index contributed by atoms with van der Waals surface area (Å²) in [4.78, 5) is 4.44. The first-order chi connectivity index (χ1) is 14.7. The fraction of sp³-hybridized carbons (Fsp3) is 0.292. The van der Waals surface area contributed by atoms with E-state index in [4.69, 9.17) is 14.2 Å². The maximum atomic E-state index is 13.7. The van der Waals surface area contributed by atoms with Crippen LogP contribution in [0, 0.1) is 0 Å². The summed E-state index contributed by atoms with van der Waals surface area (Å²) in [6, 6.07) is 17.0. The Morgan fingerprint density at radius 3 is 2.20 bits per heavy atom. The molecule has 0 atom stereocenters. The highest BCUT2D eigenvalue weighted by molar-refractivity contribution is 5.72. The maximum absolute atomic E-state index is 13.7. The highest BCUT2D eigenvalue weighted by Crippen LogP contribution is 2.30. The number of alkyl halides is 1. The van der Waals surface area contributed by atoms with Crippen LogP contribution in [0.1, 0.15) is 31.4 Å². The number of hydrogen-bond acceptors (Lipinski definition) is 5. The minimum absolute atomic E-state index is 0.476. The van der Waals surface area contributed by atoms with Gasteiger partial charge in [0.1, 0.15) is 12.4 Å². The Morgan fingerprint density at radius 1 is 0.933 bits per heavy atom. The Morgan fingerprint density at radius 2 is 1.63 bits per heavy atom. The third kappa shape index (κ3) is 5.34. The summed E-state index contributed by atoms with van der Waals surface area (Å²) < 4.78 is 30.1. The van der Waals surface area contributed by atoms with Gasteiger partial charge in [0.05, 0.1) is 24.7 Å². The van der Waals surface area contributed by atoms with Gasteiger partial charge in [0.2, 0.25) is 6.29 Å². The van der Waals surface area contributed by atoms with Crippen molar-refractivity contribution in [2.75, 3.05) is 25.6 Å². The molecule has 3 rings (SSSR count). The summed E-state index contributed by atoms with van der Waals surface area (Å²) in [5, 5.41) is 3.27. The number of halogens is 1. The molecule has 0 amide bonds. The number of hydrogen-bond donors (Lipinski definition) is 1. The van der Waals surface area contributed by atoms with Gasteiger partial charge in [-0.2, -0.15) is 0 Å². The Hall–Kier alpha value is -2.96. The highest BCUT2D eigenvalue weighted by Gasteiger charge is 2.13. The number of methoxy groups -OCH3 is 1. The zero-order chi connectivity index (χ0) is 21.3. The van der Waals surface area contributed by atoms with Crippen LogP contribution >= 0.6 is 0 Å². The van der Waals surface area contributed by atoms with E-state index >= 15 is 0 Å². The van der Waals surface area contributed by atoms with E-state index in [-0.39, 0.29) is 0 Å². The predicted octanol–water partition coefficient (Wildman–Crippen LogP) is 6.04. The van der Waals surface area contributed by atoms with Gasteiger partial charge in [0.25, 0.3) is 0 Å². The lowest BCUT2D eigenvalue weighted by atomic mass is 9.99. The largest absolute Gasteiger partial charge is 0.497 e. The molecule has 1 N–H and O–H groups in total. The van der Waals surface area contributed by atoms with Crippen LogP contribution in [0.3, 0.4) is 0 Å². The van der Waals surface area contributed by atoms with Gasteiger partial charge < -0.3 is 19.5 Å². The van der Waals surface area contributed by atoms with E-state index in [0.717, 1.165) is 28.3 Å². The first kappa shape index (κ1) is 21.7. The van der Waals surface area contributed by atoms with Gasteiger partial charge >= 0.3 is 0 Å². The SMILES string of the molecule is CCOC(OCC)c1ccc(Nc2ccc(-c3ccc(OC)cc3)c(CF)c2)cn1. The molecular formula is C24H27FN2O3. The summed E-state index contributed by atoms with van der Waals surface area (Å²) in [6.45, 7) is 4.36. The average Bonchev–Trinajstić information content (AvgIpc) is 2.79. The molecule has 3 aromatic rings. The summed E-state index contributed by atoms with van der Waals surface area (Å²) in [6.07, 6.45) is 1.24. The first-order valence-electron chi connectivity index (χ1n) is 9.98. The van der Waals surface area contributed by atoms with Gasteiger partial charge in [0.15, 0.2) is 0 Å². The molecule has 2 aromatic carbocycles. The monoisotopic (exact) mass is 410 g/mol. The second-order valence-electron chi connectivity index (χ2n) is 6.57. The van der Waals surface area contributed by atoms with Crippen LogP contribution < -0.4 is 10.1 Å². The van der Waals surface area contributed by atoms with Crippen LogP contribution in [-0.4, -0.2) is 25.3 Å². The van der Waals surface area contributed by atoms with Crippen molar-refractivity contribution in [3.8, 4) is 16.9 Å². The Bertz CT molecular complexity index is 924. The highest BCUT2D eigenvalue weighted by atomic mass is 19.1. The molecule has 1 aromatic heterocycles. The molecule has 6 heteroatoms. The van der Waals surface area contributed by atoms with E-state index in [9.17, 15) is 4.39 Å². The van der Waals surface area contributed by atoms with Crippen molar-refractivity contribution in [1.82, 2.24) is 4.98 Å². The number of rotatable bonds is 10. The number of pyridine rings is 1. The maximum Gasteiger partial charge on any atom is 0.201 e. The van der Waals surface area contributed by atoms with Gasteiger partial charge in [-0.25, -0.2) is 4.39 Å². The molecule has 0 bridgehead atoms. The normalized spacial score (nSPS) is 11.0. The third-order valence-electron chi connectivity index (χ3n) is 4.60. The predicted molar refractivity (Wildman–Crippen MR) is 117 cm³/mol. The number of anilines is 2. The lowest BCUT2D eigenvalue weighted by molar-refractivity contribution is -0.142. The molecule has 0 aliphatic carbocycles. The van der Waals surface area contributed by atoms with Crippen molar-refractivity contribution in [1.29, 1.82) is 0 Å². The minimum atomic E-state index is -0.557. The Kier molecular flexibility index (Phi) is 7.76. The van der Waals surface area contributed by atoms with Gasteiger partial charge in [-0.3, -0.25) is 4.98 Å². The minimum Gasteiger partial charge on any atom is -0.497 e. The van der Waals surface area contributed by atoms with E-state index in [0.29, 0.717) is 24.5 Å². The van der Waals surface area contributed by atoms with Crippen LogP contribution in [0.4, 0.5) is 15.8 Å². The fourth-order valence-electron chi connectivity index (χ4n) is 3.14. The quantitative estimate of drug-likeness (QED) is 0.413. The second-order valence-corrected chi connectivity index (χ2v) is 6.57. The molecule has 0 fully saturated rings. The van der Waals surface area contributed by atoms with Crippen molar-refractivity contribution in [2.24, 2.45) is 0 Å². The fourth-order valence-corrected chi connectivity index (χ4v) is 3.14. The summed E-state index contributed by atoms with van der Waals surface area (Å²) >= 11 is 0. The number of aromatic nitrogens is 1. The molecule has 5 nitrogen and oxygen atoms in total. The molecule has 0 aliphatic heterocycles. The van der Waals surface area contributed by atoms with E-state index in [1.54, 1.807) is 13.3 Å². The smallest absolute Gasteiger partial charge is 0.201 e. The zero-order valence-corrected chi connectivity index (χ0v) is 17.5. The van der Waals surface area contributed by atoms with Gasteiger partial charge in [-0.15, -0.1) is 0 Å². The molecule has 0 radical (unpaired) electrons. The van der Waals surface area contributed by atoms with E-state index in [1.807, 2.05) is 68.4 Å². The molecule has 0 aliphatic rings. The van der Waals surface area contributed by atoms with Crippen molar-refractivity contribution in [3.63, 3.8) is 0 Å². The summed E-state index contributed by atoms with van der Waals surface area (Å²) in [5.41, 5.74) is 4.72. The zero-order valence-electron chi connectivity index (χ0n) is 17.5. The molecule has 0 saturated carbocycles.